The molecule has 0 aliphatic rings. The molecule has 1 atom stereocenters. The number of azo groups is 1. The van der Waals surface area contributed by atoms with Crippen LogP contribution in [0, 0.1) is 0 Å². The van der Waals surface area contributed by atoms with E-state index in [0.717, 1.165) is 4.42 Å². The summed E-state index contributed by atoms with van der Waals surface area (Å²) in [6, 6.07) is 6.14. The maximum atomic E-state index is 13.0. The molecule has 0 aliphatic carbocycles. The number of anilines is 1. The third-order valence-corrected chi connectivity index (χ3v) is 4.79. The smallest absolute Gasteiger partial charge is 0.276 e. The Kier molecular flexibility index (Phi) is 8.47. The number of methoxy groups -OCH3 is 4. The van der Waals surface area contributed by atoms with E-state index in [1.165, 1.54) is 53.6 Å². The molecule has 2 aromatic rings. The number of hydrogen-bond acceptors (Lipinski definition) is 8. The number of ketones is 1. The normalized spacial score (nSPS) is 11.7. The molecule has 2 aromatic carbocycles. The summed E-state index contributed by atoms with van der Waals surface area (Å²) < 4.78 is 21.5. The van der Waals surface area contributed by atoms with Crippen LogP contribution in [0.4, 0.5) is 11.4 Å². The van der Waals surface area contributed by atoms with Crippen molar-refractivity contribution in [2.75, 3.05) is 32.9 Å². The molecular formula is C20H21Cl2N3O6. The average molecular weight is 470 g/mol. The number of rotatable bonds is 9. The SMILES string of the molecule is COc1ccc(OC)c(N(Cl)C(=O)C(N=Nc2cc(OC)c(Cl)cc2OC)C(C)=O)c1. The Morgan fingerprint density at radius 3 is 2.13 bits per heavy atom. The van der Waals surface area contributed by atoms with E-state index in [-0.39, 0.29) is 17.1 Å². The Labute approximate surface area is 189 Å². The maximum Gasteiger partial charge on any atom is 0.276 e. The fraction of sp³-hybridized carbons (Fsp3) is 0.300. The molecule has 0 fully saturated rings. The summed E-state index contributed by atoms with van der Waals surface area (Å²) in [6.45, 7) is 1.20. The van der Waals surface area contributed by atoms with E-state index >= 15 is 0 Å². The number of Topliss-reactive ketones (excluding diaryl/α,β-unsaturated/α-hetero) is 1. The molecule has 31 heavy (non-hydrogen) atoms. The van der Waals surface area contributed by atoms with E-state index in [2.05, 4.69) is 10.2 Å². The average Bonchev–Trinajstić information content (AvgIpc) is 2.78. The van der Waals surface area contributed by atoms with Gasteiger partial charge in [-0.15, -0.1) is 0 Å². The van der Waals surface area contributed by atoms with Crippen molar-refractivity contribution in [3.8, 4) is 23.0 Å². The molecule has 0 bridgehead atoms. The summed E-state index contributed by atoms with van der Waals surface area (Å²) >= 11 is 12.3. The van der Waals surface area contributed by atoms with Crippen LogP contribution in [0.2, 0.25) is 5.02 Å². The van der Waals surface area contributed by atoms with Crippen molar-refractivity contribution in [3.05, 3.63) is 35.4 Å². The highest BCUT2D eigenvalue weighted by Gasteiger charge is 2.30. The molecule has 0 saturated heterocycles. The van der Waals surface area contributed by atoms with E-state index in [4.69, 9.17) is 42.3 Å². The molecule has 11 heteroatoms. The second kappa shape index (κ2) is 10.8. The molecule has 1 unspecified atom stereocenters. The maximum absolute atomic E-state index is 13.0. The van der Waals surface area contributed by atoms with Gasteiger partial charge in [0, 0.05) is 30.0 Å². The molecule has 2 rings (SSSR count). The highest BCUT2D eigenvalue weighted by Crippen LogP contribution is 2.38. The Hall–Kier alpha value is -3.04. The van der Waals surface area contributed by atoms with Crippen LogP contribution in [0.1, 0.15) is 6.92 Å². The third-order valence-electron chi connectivity index (χ3n) is 4.14. The molecule has 1 amide bonds. The molecule has 9 nitrogen and oxygen atoms in total. The van der Waals surface area contributed by atoms with Gasteiger partial charge in [-0.1, -0.05) is 11.6 Å². The summed E-state index contributed by atoms with van der Waals surface area (Å²) in [6.07, 6.45) is 0. The first-order valence-electron chi connectivity index (χ1n) is 8.81. The molecular weight excluding hydrogens is 449 g/mol. The molecule has 0 saturated carbocycles. The highest BCUT2D eigenvalue weighted by atomic mass is 35.5. The number of halogens is 2. The Balaban J connectivity index is 2.41. The number of benzene rings is 2. The van der Waals surface area contributed by atoms with Gasteiger partial charge in [-0.2, -0.15) is 10.2 Å². The number of hydrogen-bond donors (Lipinski definition) is 0. The zero-order valence-electron chi connectivity index (χ0n) is 17.5. The van der Waals surface area contributed by atoms with Gasteiger partial charge in [-0.05, 0) is 19.1 Å². The first kappa shape index (κ1) is 24.2. The summed E-state index contributed by atoms with van der Waals surface area (Å²) in [5.41, 5.74) is 0.392. The van der Waals surface area contributed by atoms with Crippen LogP contribution in [0.5, 0.6) is 23.0 Å². The summed E-state index contributed by atoms with van der Waals surface area (Å²) in [5.74, 6) is -0.0602. The number of carbonyl (C=O) groups excluding carboxylic acids is 2. The predicted molar refractivity (Wildman–Crippen MR) is 116 cm³/mol. The Bertz CT molecular complexity index is 999. The van der Waals surface area contributed by atoms with Crippen molar-refractivity contribution in [2.24, 2.45) is 10.2 Å². The Morgan fingerprint density at radius 1 is 0.935 bits per heavy atom. The second-order valence-corrected chi connectivity index (χ2v) is 6.79. The standard InChI is InChI=1S/C20H21Cl2N3O6/c1-11(26)19(24-23-14-10-17(30-4)13(21)9-18(14)31-5)20(27)25(22)15-8-12(28-2)6-7-16(15)29-3/h6-10,19H,1-5H3. The van der Waals surface area contributed by atoms with E-state index in [0.29, 0.717) is 22.3 Å². The van der Waals surface area contributed by atoms with Crippen LogP contribution in [-0.2, 0) is 9.59 Å². The molecule has 0 heterocycles. The molecule has 0 N–H and O–H groups in total. The number of carbonyl (C=O) groups is 2. The molecule has 0 aliphatic heterocycles. The second-order valence-electron chi connectivity index (χ2n) is 6.04. The van der Waals surface area contributed by atoms with Gasteiger partial charge < -0.3 is 18.9 Å². The lowest BCUT2D eigenvalue weighted by Gasteiger charge is -2.19. The van der Waals surface area contributed by atoms with Crippen LogP contribution >= 0.6 is 23.4 Å². The van der Waals surface area contributed by atoms with Gasteiger partial charge in [0.05, 0.1) is 33.5 Å². The van der Waals surface area contributed by atoms with Crippen molar-refractivity contribution < 1.29 is 28.5 Å². The highest BCUT2D eigenvalue weighted by molar-refractivity contribution is 6.39. The lowest BCUT2D eigenvalue weighted by molar-refractivity contribution is -0.126. The van der Waals surface area contributed by atoms with Crippen molar-refractivity contribution in [2.45, 2.75) is 13.0 Å². The van der Waals surface area contributed by atoms with Gasteiger partial charge >= 0.3 is 0 Å². The molecule has 0 radical (unpaired) electrons. The van der Waals surface area contributed by atoms with Crippen molar-refractivity contribution in [1.82, 2.24) is 0 Å². The van der Waals surface area contributed by atoms with Crippen LogP contribution in [-0.4, -0.2) is 46.2 Å². The first-order valence-corrected chi connectivity index (χ1v) is 9.53. The largest absolute Gasteiger partial charge is 0.497 e. The lowest BCUT2D eigenvalue weighted by atomic mass is 10.2. The van der Waals surface area contributed by atoms with Crippen LogP contribution < -0.4 is 23.4 Å². The molecule has 0 aromatic heterocycles. The minimum Gasteiger partial charge on any atom is -0.497 e. The lowest BCUT2D eigenvalue weighted by Crippen LogP contribution is -2.36. The van der Waals surface area contributed by atoms with Crippen molar-refractivity contribution in [3.63, 3.8) is 0 Å². The molecule has 0 spiro atoms. The fourth-order valence-electron chi connectivity index (χ4n) is 2.52. The topological polar surface area (TPSA) is 99.0 Å². The van der Waals surface area contributed by atoms with E-state index in [9.17, 15) is 9.59 Å². The van der Waals surface area contributed by atoms with Gasteiger partial charge in [0.1, 0.15) is 34.4 Å². The first-order chi connectivity index (χ1) is 14.8. The number of nitrogens with zero attached hydrogens (tertiary/aromatic N) is 3. The zero-order valence-corrected chi connectivity index (χ0v) is 19.0. The van der Waals surface area contributed by atoms with Crippen LogP contribution in [0.25, 0.3) is 0 Å². The fourth-order valence-corrected chi connectivity index (χ4v) is 2.98. The summed E-state index contributed by atoms with van der Waals surface area (Å²) in [4.78, 5) is 25.1. The van der Waals surface area contributed by atoms with Gasteiger partial charge in [0.2, 0.25) is 6.04 Å². The van der Waals surface area contributed by atoms with Crippen LogP contribution in [0.15, 0.2) is 40.6 Å². The van der Waals surface area contributed by atoms with Gasteiger partial charge in [-0.25, -0.2) is 4.42 Å². The van der Waals surface area contributed by atoms with E-state index in [1.807, 2.05) is 0 Å². The van der Waals surface area contributed by atoms with Crippen molar-refractivity contribution >= 4 is 46.4 Å². The minimum atomic E-state index is -1.51. The zero-order chi connectivity index (χ0) is 23.1. The van der Waals surface area contributed by atoms with Gasteiger partial charge in [-0.3, -0.25) is 9.59 Å². The third kappa shape index (κ3) is 5.56. The Morgan fingerprint density at radius 2 is 1.58 bits per heavy atom. The van der Waals surface area contributed by atoms with Crippen LogP contribution in [0.3, 0.4) is 0 Å². The summed E-state index contributed by atoms with van der Waals surface area (Å²) in [5, 5.41) is 8.20. The van der Waals surface area contributed by atoms with Gasteiger partial charge in [0.15, 0.2) is 5.78 Å². The molecule has 166 valence electrons. The predicted octanol–water partition coefficient (Wildman–Crippen LogP) is 4.60. The minimum absolute atomic E-state index is 0.181. The number of amides is 1. The number of ether oxygens (including phenoxy) is 4. The van der Waals surface area contributed by atoms with Crippen molar-refractivity contribution in [1.29, 1.82) is 0 Å². The van der Waals surface area contributed by atoms with E-state index in [1.54, 1.807) is 12.1 Å². The quantitative estimate of drug-likeness (QED) is 0.302. The summed E-state index contributed by atoms with van der Waals surface area (Å²) in [7, 11) is 5.74. The monoisotopic (exact) mass is 469 g/mol. The van der Waals surface area contributed by atoms with Gasteiger partial charge in [0.25, 0.3) is 5.91 Å². The van der Waals surface area contributed by atoms with E-state index < -0.39 is 17.7 Å².